The van der Waals surface area contributed by atoms with Crippen LogP contribution < -0.4 is 5.32 Å². The van der Waals surface area contributed by atoms with Crippen LogP contribution in [-0.4, -0.2) is 37.8 Å². The van der Waals surface area contributed by atoms with Crippen LogP contribution in [0.4, 0.5) is 4.39 Å². The molecule has 2 N–H and O–H groups in total. The molecule has 0 fully saturated rings. The van der Waals surface area contributed by atoms with Crippen molar-refractivity contribution >= 4 is 11.9 Å². The Labute approximate surface area is 151 Å². The summed E-state index contributed by atoms with van der Waals surface area (Å²) in [6, 6.07) is 4.77. The number of nitrogens with one attached hydrogen (secondary N) is 1. The molecule has 1 aromatic carbocycles. The van der Waals surface area contributed by atoms with Crippen LogP contribution in [0.5, 0.6) is 0 Å². The first-order chi connectivity index (χ1) is 12.2. The van der Waals surface area contributed by atoms with E-state index in [4.69, 9.17) is 0 Å². The molecule has 2 unspecified atom stereocenters. The van der Waals surface area contributed by atoms with Gasteiger partial charge in [0.1, 0.15) is 17.7 Å². The van der Waals surface area contributed by atoms with Crippen molar-refractivity contribution in [1.29, 1.82) is 0 Å². The number of carboxylic acid groups (broad SMARTS) is 1. The minimum absolute atomic E-state index is 0.0721. The molecular formula is C18H23FN4O3. The lowest BCUT2D eigenvalue weighted by Crippen LogP contribution is -2.45. The van der Waals surface area contributed by atoms with Crippen molar-refractivity contribution < 1.29 is 19.1 Å². The number of aromatic nitrogens is 3. The second kappa shape index (κ2) is 8.07. The number of carbonyl (C=O) groups excluding carboxylic acids is 1. The van der Waals surface area contributed by atoms with E-state index in [9.17, 15) is 19.1 Å². The van der Waals surface area contributed by atoms with Crippen molar-refractivity contribution in [3.8, 4) is 5.69 Å². The quantitative estimate of drug-likeness (QED) is 0.789. The summed E-state index contributed by atoms with van der Waals surface area (Å²) in [7, 11) is 0. The molecule has 2 atom stereocenters. The number of carbonyl (C=O) groups is 2. The molecule has 2 aromatic rings. The lowest BCUT2D eigenvalue weighted by atomic mass is 9.99. The summed E-state index contributed by atoms with van der Waals surface area (Å²) < 4.78 is 14.9. The third-order valence-corrected chi connectivity index (χ3v) is 4.17. The highest BCUT2D eigenvalue weighted by atomic mass is 19.1. The smallest absolute Gasteiger partial charge is 0.326 e. The Hall–Kier alpha value is -2.77. The summed E-state index contributed by atoms with van der Waals surface area (Å²) in [5.41, 5.74) is 0.442. The fourth-order valence-corrected chi connectivity index (χ4v) is 2.48. The van der Waals surface area contributed by atoms with E-state index < -0.39 is 23.7 Å². The first-order valence-corrected chi connectivity index (χ1v) is 8.51. The molecule has 7 nitrogen and oxygen atoms in total. The van der Waals surface area contributed by atoms with Crippen molar-refractivity contribution in [2.75, 3.05) is 0 Å². The highest BCUT2D eigenvalue weighted by Crippen LogP contribution is 2.18. The van der Waals surface area contributed by atoms with Crippen LogP contribution in [0, 0.1) is 11.7 Å². The van der Waals surface area contributed by atoms with Crippen molar-refractivity contribution in [3.05, 3.63) is 41.7 Å². The number of hydrogen-bond donors (Lipinski definition) is 2. The Morgan fingerprint density at radius 2 is 2.00 bits per heavy atom. The highest BCUT2D eigenvalue weighted by molar-refractivity contribution is 5.93. The minimum atomic E-state index is -1.11. The van der Waals surface area contributed by atoms with E-state index in [2.05, 4.69) is 15.4 Å². The minimum Gasteiger partial charge on any atom is -0.480 e. The summed E-state index contributed by atoms with van der Waals surface area (Å²) in [6.45, 7) is 7.35. The van der Waals surface area contributed by atoms with Crippen LogP contribution in [0.1, 0.15) is 56.5 Å². The van der Waals surface area contributed by atoms with E-state index in [0.29, 0.717) is 17.9 Å². The van der Waals surface area contributed by atoms with Gasteiger partial charge in [-0.05, 0) is 24.1 Å². The molecule has 0 spiro atoms. The van der Waals surface area contributed by atoms with E-state index in [1.807, 2.05) is 20.8 Å². The Balaban J connectivity index is 2.37. The monoisotopic (exact) mass is 362 g/mol. The second-order valence-corrected chi connectivity index (χ2v) is 6.51. The van der Waals surface area contributed by atoms with Crippen LogP contribution in [0.2, 0.25) is 0 Å². The van der Waals surface area contributed by atoms with Gasteiger partial charge < -0.3 is 10.4 Å². The van der Waals surface area contributed by atoms with Crippen LogP contribution in [0.15, 0.2) is 24.3 Å². The normalized spacial score (nSPS) is 13.5. The molecule has 0 radical (unpaired) electrons. The van der Waals surface area contributed by atoms with Gasteiger partial charge in [0, 0.05) is 5.92 Å². The zero-order valence-corrected chi connectivity index (χ0v) is 15.2. The average molecular weight is 362 g/mol. The topological polar surface area (TPSA) is 97.1 Å². The number of hydrogen-bond acceptors (Lipinski definition) is 4. The highest BCUT2D eigenvalue weighted by Gasteiger charge is 2.28. The maximum atomic E-state index is 13.5. The van der Waals surface area contributed by atoms with Crippen molar-refractivity contribution in [3.63, 3.8) is 0 Å². The predicted molar refractivity (Wildman–Crippen MR) is 93.8 cm³/mol. The van der Waals surface area contributed by atoms with Crippen LogP contribution >= 0.6 is 0 Å². The van der Waals surface area contributed by atoms with Crippen molar-refractivity contribution in [1.82, 2.24) is 20.1 Å². The van der Waals surface area contributed by atoms with Crippen LogP contribution in [0.25, 0.3) is 5.69 Å². The Morgan fingerprint density at radius 1 is 1.31 bits per heavy atom. The van der Waals surface area contributed by atoms with Gasteiger partial charge in [-0.1, -0.05) is 40.2 Å². The van der Waals surface area contributed by atoms with Gasteiger partial charge in [-0.25, -0.2) is 18.9 Å². The van der Waals surface area contributed by atoms with Gasteiger partial charge in [-0.15, -0.1) is 5.10 Å². The summed E-state index contributed by atoms with van der Waals surface area (Å²) in [4.78, 5) is 28.1. The molecule has 0 aliphatic carbocycles. The van der Waals surface area contributed by atoms with Gasteiger partial charge in [0.05, 0.1) is 5.69 Å². The number of carboxylic acids is 1. The largest absolute Gasteiger partial charge is 0.480 e. The van der Waals surface area contributed by atoms with E-state index in [1.54, 1.807) is 19.1 Å². The number of halogens is 1. The Kier molecular flexibility index (Phi) is 6.07. The Morgan fingerprint density at radius 3 is 2.54 bits per heavy atom. The molecule has 0 aliphatic heterocycles. The second-order valence-electron chi connectivity index (χ2n) is 6.51. The van der Waals surface area contributed by atoms with Gasteiger partial charge in [0.15, 0.2) is 0 Å². The molecule has 1 amide bonds. The maximum Gasteiger partial charge on any atom is 0.326 e. The van der Waals surface area contributed by atoms with E-state index in [0.717, 1.165) is 0 Å². The standard InChI is InChI=1S/C18H23FN4O3/c1-5-11(4)14(18(25)26)20-17(24)15-21-16(10(2)3)23(22-15)13-8-6-7-12(19)9-13/h6-11,14H,5H2,1-4H3,(H,20,24)(H,25,26). The van der Waals surface area contributed by atoms with Gasteiger partial charge in [-0.3, -0.25) is 4.79 Å². The molecule has 0 aliphatic rings. The SMILES string of the molecule is CCC(C)C(NC(=O)c1nc(C(C)C)n(-c2cccc(F)c2)n1)C(=O)O. The number of rotatable bonds is 7. The van der Waals surface area contributed by atoms with E-state index in [-0.39, 0.29) is 17.7 Å². The average Bonchev–Trinajstić information content (AvgIpc) is 3.04. The van der Waals surface area contributed by atoms with Crippen molar-refractivity contribution in [2.24, 2.45) is 5.92 Å². The first-order valence-electron chi connectivity index (χ1n) is 8.51. The van der Waals surface area contributed by atoms with Crippen LogP contribution in [-0.2, 0) is 4.79 Å². The van der Waals surface area contributed by atoms with E-state index in [1.165, 1.54) is 16.8 Å². The third-order valence-electron chi connectivity index (χ3n) is 4.17. The van der Waals surface area contributed by atoms with Crippen LogP contribution in [0.3, 0.4) is 0 Å². The summed E-state index contributed by atoms with van der Waals surface area (Å²) in [5, 5.41) is 16.0. The first kappa shape index (κ1) is 19.6. The lowest BCUT2D eigenvalue weighted by molar-refractivity contribution is -0.140. The fourth-order valence-electron chi connectivity index (χ4n) is 2.48. The summed E-state index contributed by atoms with van der Waals surface area (Å²) in [6.07, 6.45) is 0.597. The number of amides is 1. The van der Waals surface area contributed by atoms with Gasteiger partial charge in [-0.2, -0.15) is 0 Å². The van der Waals surface area contributed by atoms with E-state index >= 15 is 0 Å². The summed E-state index contributed by atoms with van der Waals surface area (Å²) >= 11 is 0. The maximum absolute atomic E-state index is 13.5. The molecule has 26 heavy (non-hydrogen) atoms. The predicted octanol–water partition coefficient (Wildman–Crippen LogP) is 2.76. The molecule has 0 saturated heterocycles. The molecule has 140 valence electrons. The van der Waals surface area contributed by atoms with Gasteiger partial charge >= 0.3 is 5.97 Å². The zero-order chi connectivity index (χ0) is 19.4. The van der Waals surface area contributed by atoms with Gasteiger partial charge in [0.25, 0.3) is 5.91 Å². The third kappa shape index (κ3) is 4.25. The molecule has 1 heterocycles. The number of nitrogens with zero attached hydrogens (tertiary/aromatic N) is 3. The van der Waals surface area contributed by atoms with Crippen molar-refractivity contribution in [2.45, 2.75) is 46.1 Å². The number of aliphatic carboxylic acids is 1. The number of benzene rings is 1. The molecule has 2 rings (SSSR count). The lowest BCUT2D eigenvalue weighted by Gasteiger charge is -2.19. The fraction of sp³-hybridized carbons (Fsp3) is 0.444. The molecule has 0 saturated carbocycles. The molecule has 0 bridgehead atoms. The van der Waals surface area contributed by atoms with Gasteiger partial charge in [0.2, 0.25) is 5.82 Å². The molecular weight excluding hydrogens is 339 g/mol. The summed E-state index contributed by atoms with van der Waals surface area (Å²) in [5.74, 6) is -2.19. The molecule has 8 heteroatoms. The Bertz CT molecular complexity index is 803. The molecule has 1 aromatic heterocycles. The zero-order valence-electron chi connectivity index (χ0n) is 15.2.